The molecule has 3 N–H and O–H groups in total. The molecule has 0 fully saturated rings. The Morgan fingerprint density at radius 2 is 1.95 bits per heavy atom. The highest BCUT2D eigenvalue weighted by Crippen LogP contribution is 2.23. The molecule has 0 aliphatic carbocycles. The minimum Gasteiger partial charge on any atom is -0.489 e. The topological polar surface area (TPSA) is 64.3 Å². The van der Waals surface area contributed by atoms with Gasteiger partial charge in [-0.25, -0.2) is 5.84 Å². The van der Waals surface area contributed by atoms with Crippen LogP contribution in [0, 0.1) is 0 Å². The van der Waals surface area contributed by atoms with Gasteiger partial charge in [-0.15, -0.1) is 11.3 Å². The smallest absolute Gasteiger partial charge is 0.275 e. The van der Waals surface area contributed by atoms with E-state index >= 15 is 0 Å². The minimum atomic E-state index is -0.290. The van der Waals surface area contributed by atoms with Gasteiger partial charge >= 0.3 is 0 Å². The van der Waals surface area contributed by atoms with E-state index < -0.39 is 0 Å². The molecule has 2 aromatic carbocycles. The van der Waals surface area contributed by atoms with Crippen LogP contribution in [-0.4, -0.2) is 5.91 Å². The van der Waals surface area contributed by atoms with Crippen molar-refractivity contribution in [2.75, 3.05) is 0 Å². The largest absolute Gasteiger partial charge is 0.489 e. The first-order valence-corrected chi connectivity index (χ1v) is 7.35. The number of hydrazine groups is 1. The average molecular weight is 298 g/mol. The minimum absolute atomic E-state index is 0.290. The summed E-state index contributed by atoms with van der Waals surface area (Å²) < 4.78 is 5.78. The number of carbonyl (C=O) groups is 1. The molecule has 0 radical (unpaired) electrons. The van der Waals surface area contributed by atoms with Crippen molar-refractivity contribution in [2.45, 2.75) is 6.61 Å². The molecule has 0 saturated carbocycles. The van der Waals surface area contributed by atoms with E-state index in [2.05, 4.69) is 11.5 Å². The average Bonchev–Trinajstić information content (AvgIpc) is 3.00. The van der Waals surface area contributed by atoms with E-state index in [0.717, 1.165) is 16.7 Å². The molecule has 106 valence electrons. The molecule has 0 unspecified atom stereocenters. The van der Waals surface area contributed by atoms with Gasteiger partial charge in [0.2, 0.25) is 0 Å². The Bertz CT molecular complexity index is 783. The number of nitrogen functional groups attached to an aromatic ring is 1. The molecule has 3 aromatic rings. The molecular formula is C16H14N2O2S. The second-order valence-electron chi connectivity index (χ2n) is 4.55. The van der Waals surface area contributed by atoms with Crippen LogP contribution in [0.25, 0.3) is 10.8 Å². The monoisotopic (exact) mass is 298 g/mol. The zero-order valence-corrected chi connectivity index (χ0v) is 12.0. The molecule has 1 heterocycles. The second kappa shape index (κ2) is 5.95. The fourth-order valence-electron chi connectivity index (χ4n) is 2.13. The predicted octanol–water partition coefficient (Wildman–Crippen LogP) is 3.08. The number of thiophene rings is 1. The number of amides is 1. The number of nitrogens with two attached hydrogens (primary N) is 1. The molecule has 0 bridgehead atoms. The van der Waals surface area contributed by atoms with E-state index in [-0.39, 0.29) is 5.91 Å². The summed E-state index contributed by atoms with van der Waals surface area (Å²) in [5.74, 6) is 5.66. The van der Waals surface area contributed by atoms with E-state index in [1.165, 1.54) is 16.7 Å². The van der Waals surface area contributed by atoms with Crippen LogP contribution < -0.4 is 16.0 Å². The van der Waals surface area contributed by atoms with Gasteiger partial charge in [-0.05, 0) is 34.4 Å². The molecule has 0 aliphatic heterocycles. The number of fused-ring (bicyclic) bond motifs is 1. The van der Waals surface area contributed by atoms with Crippen LogP contribution >= 0.6 is 11.3 Å². The maximum Gasteiger partial charge on any atom is 0.275 e. The summed E-state index contributed by atoms with van der Waals surface area (Å²) in [5, 5.41) is 4.15. The zero-order valence-electron chi connectivity index (χ0n) is 11.2. The van der Waals surface area contributed by atoms with E-state index in [0.29, 0.717) is 11.5 Å². The number of rotatable bonds is 4. The first-order valence-electron chi connectivity index (χ1n) is 6.47. The Labute approximate surface area is 126 Å². The Morgan fingerprint density at radius 1 is 1.14 bits per heavy atom. The summed E-state index contributed by atoms with van der Waals surface area (Å²) in [6.07, 6.45) is 0. The van der Waals surface area contributed by atoms with E-state index in [1.54, 1.807) is 0 Å². The third kappa shape index (κ3) is 2.89. The Kier molecular flexibility index (Phi) is 3.85. The lowest BCUT2D eigenvalue weighted by molar-refractivity contribution is 0.0955. The van der Waals surface area contributed by atoms with Crippen molar-refractivity contribution in [1.82, 2.24) is 5.43 Å². The predicted molar refractivity (Wildman–Crippen MR) is 84.3 cm³/mol. The molecule has 3 rings (SSSR count). The number of nitrogens with one attached hydrogen (secondary N) is 1. The number of hydrogen-bond donors (Lipinski definition) is 2. The van der Waals surface area contributed by atoms with E-state index in [1.807, 2.05) is 47.8 Å². The first-order chi connectivity index (χ1) is 10.3. The summed E-state index contributed by atoms with van der Waals surface area (Å²) in [5.41, 5.74) is 2.98. The maximum absolute atomic E-state index is 11.6. The lowest BCUT2D eigenvalue weighted by atomic mass is 10.1. The third-order valence-electron chi connectivity index (χ3n) is 3.20. The zero-order chi connectivity index (χ0) is 14.7. The Morgan fingerprint density at radius 3 is 2.76 bits per heavy atom. The standard InChI is InChI=1S/C16H14N2O2S/c17-18-16(19)15-13(7-8-21-15)10-20-14-6-5-11-3-1-2-4-12(11)9-14/h1-9H,10,17H2,(H,18,19). The van der Waals surface area contributed by atoms with E-state index in [9.17, 15) is 4.79 Å². The van der Waals surface area contributed by atoms with Gasteiger partial charge in [0.1, 0.15) is 12.4 Å². The fraction of sp³-hybridized carbons (Fsp3) is 0.0625. The second-order valence-corrected chi connectivity index (χ2v) is 5.46. The lowest BCUT2D eigenvalue weighted by Gasteiger charge is -2.08. The van der Waals surface area contributed by atoms with Crippen molar-refractivity contribution < 1.29 is 9.53 Å². The highest BCUT2D eigenvalue weighted by atomic mass is 32.1. The van der Waals surface area contributed by atoms with Crippen molar-refractivity contribution >= 4 is 28.0 Å². The van der Waals surface area contributed by atoms with Gasteiger partial charge < -0.3 is 4.74 Å². The van der Waals surface area contributed by atoms with Gasteiger partial charge in [0.25, 0.3) is 5.91 Å². The van der Waals surface area contributed by atoms with Crippen molar-refractivity contribution in [2.24, 2.45) is 5.84 Å². The molecular weight excluding hydrogens is 284 g/mol. The van der Waals surface area contributed by atoms with Gasteiger partial charge in [-0.2, -0.15) is 0 Å². The number of benzene rings is 2. The number of hydrogen-bond acceptors (Lipinski definition) is 4. The fourth-order valence-corrected chi connectivity index (χ4v) is 2.95. The summed E-state index contributed by atoms with van der Waals surface area (Å²) in [6, 6.07) is 15.9. The van der Waals surface area contributed by atoms with Crippen molar-refractivity contribution in [3.05, 3.63) is 64.4 Å². The SMILES string of the molecule is NNC(=O)c1sccc1COc1ccc2ccccc2c1. The third-order valence-corrected chi connectivity index (χ3v) is 4.15. The molecule has 0 atom stereocenters. The summed E-state index contributed by atoms with van der Waals surface area (Å²) >= 11 is 1.35. The van der Waals surface area contributed by atoms with Gasteiger partial charge in [-0.3, -0.25) is 10.2 Å². The molecule has 21 heavy (non-hydrogen) atoms. The van der Waals surface area contributed by atoms with Crippen LogP contribution in [0.4, 0.5) is 0 Å². The van der Waals surface area contributed by atoms with Crippen molar-refractivity contribution in [3.63, 3.8) is 0 Å². The molecule has 0 spiro atoms. The highest BCUT2D eigenvalue weighted by Gasteiger charge is 2.12. The Hall–Kier alpha value is -2.37. The molecule has 1 aromatic heterocycles. The summed E-state index contributed by atoms with van der Waals surface area (Å²) in [6.45, 7) is 0.338. The van der Waals surface area contributed by atoms with Crippen LogP contribution in [0.1, 0.15) is 15.2 Å². The highest BCUT2D eigenvalue weighted by molar-refractivity contribution is 7.12. The molecule has 4 nitrogen and oxygen atoms in total. The van der Waals surface area contributed by atoms with Gasteiger partial charge in [-0.1, -0.05) is 30.3 Å². The summed E-state index contributed by atoms with van der Waals surface area (Å²) in [7, 11) is 0. The van der Waals surface area contributed by atoms with Gasteiger partial charge in [0.15, 0.2) is 0 Å². The summed E-state index contributed by atoms with van der Waals surface area (Å²) in [4.78, 5) is 12.2. The van der Waals surface area contributed by atoms with Crippen LogP contribution in [0.2, 0.25) is 0 Å². The quantitative estimate of drug-likeness (QED) is 0.442. The molecule has 0 aliphatic rings. The van der Waals surface area contributed by atoms with Crippen LogP contribution in [0.15, 0.2) is 53.9 Å². The first kappa shape index (κ1) is 13.6. The van der Waals surface area contributed by atoms with Gasteiger partial charge in [0.05, 0.1) is 4.88 Å². The Balaban J connectivity index is 1.77. The maximum atomic E-state index is 11.6. The lowest BCUT2D eigenvalue weighted by Crippen LogP contribution is -2.30. The molecule has 5 heteroatoms. The van der Waals surface area contributed by atoms with Crippen LogP contribution in [0.3, 0.4) is 0 Å². The number of carbonyl (C=O) groups excluding carboxylic acids is 1. The van der Waals surface area contributed by atoms with Gasteiger partial charge in [0, 0.05) is 5.56 Å². The van der Waals surface area contributed by atoms with Crippen LogP contribution in [0.5, 0.6) is 5.75 Å². The molecule has 1 amide bonds. The van der Waals surface area contributed by atoms with Crippen molar-refractivity contribution in [1.29, 1.82) is 0 Å². The van der Waals surface area contributed by atoms with Crippen LogP contribution in [-0.2, 0) is 6.61 Å². The molecule has 0 saturated heterocycles. The van der Waals surface area contributed by atoms with E-state index in [4.69, 9.17) is 10.6 Å². The number of ether oxygens (including phenoxy) is 1. The van der Waals surface area contributed by atoms with Crippen molar-refractivity contribution in [3.8, 4) is 5.75 Å². The normalized spacial score (nSPS) is 10.5.